The van der Waals surface area contributed by atoms with Crippen LogP contribution in [-0.2, 0) is 23.8 Å². The SMILES string of the molecule is CC.CCOC(=O)C1=C(COCCN)NC=C(C(=O)OC)C1c1ccccc1Cl. The van der Waals surface area contributed by atoms with E-state index in [4.69, 9.17) is 31.5 Å². The maximum Gasteiger partial charge on any atom is 0.336 e. The van der Waals surface area contributed by atoms with Crippen molar-refractivity contribution < 1.29 is 23.8 Å². The van der Waals surface area contributed by atoms with E-state index in [1.807, 2.05) is 13.8 Å². The zero-order valence-corrected chi connectivity index (χ0v) is 18.0. The molecule has 1 heterocycles. The molecule has 0 aliphatic carbocycles. The number of halogens is 1. The lowest BCUT2D eigenvalue weighted by molar-refractivity contribution is -0.139. The van der Waals surface area contributed by atoms with Gasteiger partial charge in [0, 0.05) is 17.8 Å². The van der Waals surface area contributed by atoms with Gasteiger partial charge in [-0.05, 0) is 18.6 Å². The van der Waals surface area contributed by atoms with Gasteiger partial charge in [-0.2, -0.15) is 0 Å². The smallest absolute Gasteiger partial charge is 0.336 e. The molecule has 0 amide bonds. The molecule has 2 rings (SSSR count). The van der Waals surface area contributed by atoms with Crippen LogP contribution in [0.3, 0.4) is 0 Å². The van der Waals surface area contributed by atoms with Crippen LogP contribution in [0.5, 0.6) is 0 Å². The predicted molar refractivity (Wildman–Crippen MR) is 112 cm³/mol. The molecule has 1 aliphatic heterocycles. The minimum absolute atomic E-state index is 0.108. The highest BCUT2D eigenvalue weighted by Gasteiger charge is 2.37. The summed E-state index contributed by atoms with van der Waals surface area (Å²) in [6.07, 6.45) is 1.50. The second kappa shape index (κ2) is 13.0. The third-order valence-electron chi connectivity index (χ3n) is 3.97. The molecule has 0 radical (unpaired) electrons. The number of rotatable bonds is 8. The molecular weight excluding hydrogens is 396 g/mol. The summed E-state index contributed by atoms with van der Waals surface area (Å²) in [6, 6.07) is 7.01. The van der Waals surface area contributed by atoms with E-state index in [1.54, 1.807) is 31.2 Å². The van der Waals surface area contributed by atoms with Crippen molar-refractivity contribution in [2.75, 3.05) is 33.5 Å². The molecule has 0 spiro atoms. The van der Waals surface area contributed by atoms with E-state index >= 15 is 0 Å². The number of esters is 2. The van der Waals surface area contributed by atoms with Crippen LogP contribution in [0.1, 0.15) is 32.3 Å². The lowest BCUT2D eigenvalue weighted by atomic mass is 9.82. The van der Waals surface area contributed by atoms with Crippen molar-refractivity contribution in [3.05, 3.63) is 57.9 Å². The number of ether oxygens (including phenoxy) is 3. The topological polar surface area (TPSA) is 99.9 Å². The molecule has 160 valence electrons. The van der Waals surface area contributed by atoms with Gasteiger partial charge in [-0.1, -0.05) is 43.6 Å². The Morgan fingerprint density at radius 2 is 1.90 bits per heavy atom. The monoisotopic (exact) mass is 424 g/mol. The molecular formula is C21H29ClN2O5. The average molecular weight is 425 g/mol. The Bertz CT molecular complexity index is 761. The first-order valence-corrected chi connectivity index (χ1v) is 9.90. The van der Waals surface area contributed by atoms with Gasteiger partial charge in [0.25, 0.3) is 0 Å². The first-order valence-electron chi connectivity index (χ1n) is 9.52. The Morgan fingerprint density at radius 1 is 1.21 bits per heavy atom. The minimum atomic E-state index is -0.747. The van der Waals surface area contributed by atoms with Gasteiger partial charge in [0.15, 0.2) is 0 Å². The van der Waals surface area contributed by atoms with Gasteiger partial charge >= 0.3 is 11.9 Å². The van der Waals surface area contributed by atoms with E-state index in [0.717, 1.165) is 0 Å². The van der Waals surface area contributed by atoms with Gasteiger partial charge in [0.05, 0.1) is 49.7 Å². The Hall–Kier alpha value is -2.35. The Kier molecular flexibility index (Phi) is 11.1. The molecule has 1 aromatic rings. The van der Waals surface area contributed by atoms with E-state index in [9.17, 15) is 9.59 Å². The highest BCUT2D eigenvalue weighted by atomic mass is 35.5. The fourth-order valence-electron chi connectivity index (χ4n) is 2.81. The summed E-state index contributed by atoms with van der Waals surface area (Å²) in [6.45, 7) is 6.68. The van der Waals surface area contributed by atoms with Crippen molar-refractivity contribution in [2.45, 2.75) is 26.7 Å². The van der Waals surface area contributed by atoms with E-state index in [0.29, 0.717) is 29.4 Å². The largest absolute Gasteiger partial charge is 0.466 e. The molecule has 8 heteroatoms. The summed E-state index contributed by atoms with van der Waals surface area (Å²) in [7, 11) is 1.28. The fraction of sp³-hybridized carbons (Fsp3) is 0.429. The number of methoxy groups -OCH3 is 1. The molecule has 0 bridgehead atoms. The van der Waals surface area contributed by atoms with E-state index in [1.165, 1.54) is 13.3 Å². The highest BCUT2D eigenvalue weighted by molar-refractivity contribution is 6.31. The molecule has 1 unspecified atom stereocenters. The number of benzene rings is 1. The van der Waals surface area contributed by atoms with Gasteiger partial charge in [-0.25, -0.2) is 9.59 Å². The third-order valence-corrected chi connectivity index (χ3v) is 4.31. The molecule has 1 aliphatic rings. The summed E-state index contributed by atoms with van der Waals surface area (Å²) in [5, 5.41) is 3.38. The number of dihydropyridines is 1. The Morgan fingerprint density at radius 3 is 2.48 bits per heavy atom. The average Bonchev–Trinajstić information content (AvgIpc) is 2.75. The summed E-state index contributed by atoms with van der Waals surface area (Å²) in [4.78, 5) is 25.1. The molecule has 1 atom stereocenters. The number of hydrogen-bond acceptors (Lipinski definition) is 7. The zero-order chi connectivity index (χ0) is 21.8. The molecule has 0 fully saturated rings. The quantitative estimate of drug-likeness (QED) is 0.488. The van der Waals surface area contributed by atoms with Gasteiger partial charge in [0.1, 0.15) is 0 Å². The van der Waals surface area contributed by atoms with Gasteiger partial charge < -0.3 is 25.3 Å². The van der Waals surface area contributed by atoms with Gasteiger partial charge in [-0.3, -0.25) is 0 Å². The first kappa shape index (κ1) is 24.7. The fourth-order valence-corrected chi connectivity index (χ4v) is 3.05. The molecule has 1 aromatic carbocycles. The van der Waals surface area contributed by atoms with Crippen LogP contribution in [0, 0.1) is 0 Å². The maximum atomic E-state index is 12.8. The molecule has 29 heavy (non-hydrogen) atoms. The number of carbonyl (C=O) groups is 2. The minimum Gasteiger partial charge on any atom is -0.466 e. The van der Waals surface area contributed by atoms with E-state index in [2.05, 4.69) is 5.32 Å². The van der Waals surface area contributed by atoms with Crippen molar-refractivity contribution in [2.24, 2.45) is 5.73 Å². The summed E-state index contributed by atoms with van der Waals surface area (Å²) in [5.41, 5.74) is 7.04. The molecule has 0 saturated heterocycles. The molecule has 0 saturated carbocycles. The van der Waals surface area contributed by atoms with Crippen LogP contribution in [0.25, 0.3) is 0 Å². The van der Waals surface area contributed by atoms with Gasteiger partial charge in [0.2, 0.25) is 0 Å². The van der Waals surface area contributed by atoms with E-state index in [-0.39, 0.29) is 24.4 Å². The first-order chi connectivity index (χ1) is 14.0. The second-order valence-corrected chi connectivity index (χ2v) is 6.05. The predicted octanol–water partition coefficient (Wildman–Crippen LogP) is 2.90. The Balaban J connectivity index is 0.00000204. The van der Waals surface area contributed by atoms with Gasteiger partial charge in [-0.15, -0.1) is 0 Å². The Labute approximate surface area is 176 Å². The summed E-state index contributed by atoms with van der Waals surface area (Å²) in [5.74, 6) is -1.88. The summed E-state index contributed by atoms with van der Waals surface area (Å²) >= 11 is 6.37. The van der Waals surface area contributed by atoms with Crippen LogP contribution in [0.4, 0.5) is 0 Å². The number of hydrogen-bond donors (Lipinski definition) is 2. The highest BCUT2D eigenvalue weighted by Crippen LogP contribution is 2.40. The van der Waals surface area contributed by atoms with Crippen LogP contribution < -0.4 is 11.1 Å². The normalized spacial score (nSPS) is 15.5. The zero-order valence-electron chi connectivity index (χ0n) is 17.3. The summed E-state index contributed by atoms with van der Waals surface area (Å²) < 4.78 is 15.6. The van der Waals surface area contributed by atoms with Crippen molar-refractivity contribution in [3.63, 3.8) is 0 Å². The lowest BCUT2D eigenvalue weighted by Gasteiger charge is -2.29. The van der Waals surface area contributed by atoms with Crippen LogP contribution >= 0.6 is 11.6 Å². The number of nitrogens with two attached hydrogens (primary N) is 1. The number of nitrogens with one attached hydrogen (secondary N) is 1. The van der Waals surface area contributed by atoms with Crippen molar-refractivity contribution >= 4 is 23.5 Å². The number of carbonyl (C=O) groups excluding carboxylic acids is 2. The third kappa shape index (κ3) is 6.32. The second-order valence-electron chi connectivity index (χ2n) is 5.64. The van der Waals surface area contributed by atoms with Crippen LogP contribution in [-0.4, -0.2) is 45.4 Å². The van der Waals surface area contributed by atoms with Crippen molar-refractivity contribution in [1.82, 2.24) is 5.32 Å². The lowest BCUT2D eigenvalue weighted by Crippen LogP contribution is -2.32. The van der Waals surface area contributed by atoms with Crippen molar-refractivity contribution in [3.8, 4) is 0 Å². The van der Waals surface area contributed by atoms with Crippen LogP contribution in [0.2, 0.25) is 5.02 Å². The van der Waals surface area contributed by atoms with Crippen LogP contribution in [0.15, 0.2) is 47.3 Å². The van der Waals surface area contributed by atoms with E-state index < -0.39 is 17.9 Å². The molecule has 3 N–H and O–H groups in total. The maximum absolute atomic E-state index is 12.8. The molecule has 0 aromatic heterocycles. The van der Waals surface area contributed by atoms with Crippen molar-refractivity contribution in [1.29, 1.82) is 0 Å². The molecule has 7 nitrogen and oxygen atoms in total. The standard InChI is InChI=1S/C19H23ClN2O5.C2H6/c1-3-27-19(24)17-15(11-26-9-8-21)22-10-13(18(23)25-2)16(17)12-6-4-5-7-14(12)20;1-2/h4-7,10,16,22H,3,8-9,11,21H2,1-2H3;1-2H3.